The molecule has 1 N–H and O–H groups in total. The minimum atomic E-state index is 0. The molecule has 0 radical (unpaired) electrons. The summed E-state index contributed by atoms with van der Waals surface area (Å²) in [5, 5.41) is 4.43. The van der Waals surface area contributed by atoms with Crippen LogP contribution in [0.1, 0.15) is 6.42 Å². The Labute approximate surface area is 107 Å². The summed E-state index contributed by atoms with van der Waals surface area (Å²) >= 11 is 0. The molecule has 1 aromatic carbocycles. The van der Waals surface area contributed by atoms with Crippen LogP contribution in [0.5, 0.6) is 5.88 Å². The van der Waals surface area contributed by atoms with Crippen LogP contribution in [0.2, 0.25) is 0 Å². The Morgan fingerprint density at radius 2 is 2.06 bits per heavy atom. The summed E-state index contributed by atoms with van der Waals surface area (Å²) in [6.45, 7) is 1.97. The van der Waals surface area contributed by atoms with Gasteiger partial charge in [0.05, 0.1) is 5.52 Å². The Kier molecular flexibility index (Phi) is 3.82. The molecule has 17 heavy (non-hydrogen) atoms. The maximum atomic E-state index is 5.81. The first kappa shape index (κ1) is 12.1. The molecule has 1 saturated heterocycles. The van der Waals surface area contributed by atoms with E-state index in [1.54, 1.807) is 0 Å². The lowest BCUT2D eigenvalue weighted by Crippen LogP contribution is -2.19. The molecule has 0 aliphatic carbocycles. The van der Waals surface area contributed by atoms with E-state index in [0.29, 0.717) is 0 Å². The molecule has 2 aromatic rings. The van der Waals surface area contributed by atoms with Crippen LogP contribution in [0.3, 0.4) is 0 Å². The number of benzene rings is 1. The number of fused-ring (bicyclic) bond motifs is 1. The fourth-order valence-electron chi connectivity index (χ4n) is 2.01. The maximum Gasteiger partial charge on any atom is 0.214 e. The van der Waals surface area contributed by atoms with E-state index >= 15 is 0 Å². The first-order valence-electron chi connectivity index (χ1n) is 5.65. The smallest absolute Gasteiger partial charge is 0.214 e. The van der Waals surface area contributed by atoms with Gasteiger partial charge in [0.1, 0.15) is 6.10 Å². The zero-order valence-electron chi connectivity index (χ0n) is 9.43. The van der Waals surface area contributed by atoms with Gasteiger partial charge in [-0.25, -0.2) is 4.98 Å². The number of pyridine rings is 1. The van der Waals surface area contributed by atoms with Crippen molar-refractivity contribution < 1.29 is 4.74 Å². The second kappa shape index (κ2) is 5.34. The highest BCUT2D eigenvalue weighted by Gasteiger charge is 2.16. The molecular weight excluding hydrogens is 236 g/mol. The standard InChI is InChI=1S/C13H14N2O.ClH/c1-2-4-12-10(3-1)5-6-13(15-12)16-11-7-8-14-9-11;/h1-6,11,14H,7-9H2;1H. The summed E-state index contributed by atoms with van der Waals surface area (Å²) in [7, 11) is 0. The Hall–Kier alpha value is -1.32. The zero-order chi connectivity index (χ0) is 10.8. The summed E-state index contributed by atoms with van der Waals surface area (Å²) in [6.07, 6.45) is 1.34. The van der Waals surface area contributed by atoms with Crippen LogP contribution >= 0.6 is 12.4 Å². The molecule has 1 atom stereocenters. The van der Waals surface area contributed by atoms with Crippen LogP contribution in [0.25, 0.3) is 10.9 Å². The third-order valence-corrected chi connectivity index (χ3v) is 2.88. The molecule has 1 aliphatic heterocycles. The van der Waals surface area contributed by atoms with E-state index in [0.717, 1.165) is 36.3 Å². The average molecular weight is 251 g/mol. The molecule has 1 aliphatic rings. The van der Waals surface area contributed by atoms with Crippen LogP contribution < -0.4 is 10.1 Å². The van der Waals surface area contributed by atoms with E-state index in [-0.39, 0.29) is 18.5 Å². The predicted octanol–water partition coefficient (Wildman–Crippen LogP) is 2.40. The molecular formula is C13H15ClN2O. The molecule has 0 saturated carbocycles. The number of nitrogens with one attached hydrogen (secondary N) is 1. The number of para-hydroxylation sites is 1. The molecule has 90 valence electrons. The quantitative estimate of drug-likeness (QED) is 0.889. The highest BCUT2D eigenvalue weighted by Crippen LogP contribution is 2.18. The van der Waals surface area contributed by atoms with Gasteiger partial charge in [0, 0.05) is 18.0 Å². The second-order valence-corrected chi connectivity index (χ2v) is 4.07. The third-order valence-electron chi connectivity index (χ3n) is 2.88. The molecule has 2 heterocycles. The lowest BCUT2D eigenvalue weighted by Gasteiger charge is -2.11. The minimum absolute atomic E-state index is 0. The Balaban J connectivity index is 0.00000108. The van der Waals surface area contributed by atoms with Crippen molar-refractivity contribution in [3.8, 4) is 5.88 Å². The lowest BCUT2D eigenvalue weighted by atomic mass is 10.2. The van der Waals surface area contributed by atoms with Crippen LogP contribution in [0, 0.1) is 0 Å². The SMILES string of the molecule is Cl.c1ccc2nc(OC3CCNC3)ccc2c1. The molecule has 4 heteroatoms. The van der Waals surface area contributed by atoms with Gasteiger partial charge in [-0.3, -0.25) is 0 Å². The van der Waals surface area contributed by atoms with E-state index in [9.17, 15) is 0 Å². The van der Waals surface area contributed by atoms with Crippen LogP contribution in [0.15, 0.2) is 36.4 Å². The lowest BCUT2D eigenvalue weighted by molar-refractivity contribution is 0.215. The van der Waals surface area contributed by atoms with Crippen molar-refractivity contribution in [2.24, 2.45) is 0 Å². The molecule has 1 fully saturated rings. The fourth-order valence-corrected chi connectivity index (χ4v) is 2.01. The van der Waals surface area contributed by atoms with Gasteiger partial charge in [0.25, 0.3) is 0 Å². The summed E-state index contributed by atoms with van der Waals surface area (Å²) in [5.41, 5.74) is 0.992. The zero-order valence-corrected chi connectivity index (χ0v) is 10.2. The summed E-state index contributed by atoms with van der Waals surface area (Å²) in [4.78, 5) is 4.49. The van der Waals surface area contributed by atoms with Crippen molar-refractivity contribution in [3.63, 3.8) is 0 Å². The molecule has 1 unspecified atom stereocenters. The molecule has 3 rings (SSSR count). The minimum Gasteiger partial charge on any atom is -0.473 e. The number of halogens is 1. The van der Waals surface area contributed by atoms with Crippen molar-refractivity contribution in [2.45, 2.75) is 12.5 Å². The summed E-state index contributed by atoms with van der Waals surface area (Å²) in [6, 6.07) is 12.1. The van der Waals surface area contributed by atoms with Crippen molar-refractivity contribution in [1.82, 2.24) is 10.3 Å². The first-order valence-corrected chi connectivity index (χ1v) is 5.65. The van der Waals surface area contributed by atoms with Crippen LogP contribution in [0.4, 0.5) is 0 Å². The van der Waals surface area contributed by atoms with Gasteiger partial charge in [-0.2, -0.15) is 0 Å². The first-order chi connectivity index (χ1) is 7.92. The normalized spacial score (nSPS) is 18.9. The van der Waals surface area contributed by atoms with Crippen molar-refractivity contribution in [3.05, 3.63) is 36.4 Å². The van der Waals surface area contributed by atoms with Crippen molar-refractivity contribution in [1.29, 1.82) is 0 Å². The van der Waals surface area contributed by atoms with Gasteiger partial charge in [0.15, 0.2) is 0 Å². The predicted molar refractivity (Wildman–Crippen MR) is 70.9 cm³/mol. The largest absolute Gasteiger partial charge is 0.473 e. The van der Waals surface area contributed by atoms with Gasteiger partial charge >= 0.3 is 0 Å². The van der Waals surface area contributed by atoms with Gasteiger partial charge in [-0.15, -0.1) is 12.4 Å². The van der Waals surface area contributed by atoms with E-state index in [4.69, 9.17) is 4.74 Å². The number of rotatable bonds is 2. The van der Waals surface area contributed by atoms with E-state index in [2.05, 4.69) is 22.4 Å². The van der Waals surface area contributed by atoms with Crippen LogP contribution in [-0.4, -0.2) is 24.2 Å². The fraction of sp³-hybridized carbons (Fsp3) is 0.308. The van der Waals surface area contributed by atoms with Gasteiger partial charge in [-0.1, -0.05) is 18.2 Å². The number of hydrogen-bond donors (Lipinski definition) is 1. The molecule has 0 amide bonds. The molecule has 1 aromatic heterocycles. The molecule has 0 spiro atoms. The number of nitrogens with zero attached hydrogens (tertiary/aromatic N) is 1. The topological polar surface area (TPSA) is 34.1 Å². The highest BCUT2D eigenvalue weighted by molar-refractivity contribution is 5.85. The Morgan fingerprint density at radius 3 is 2.88 bits per heavy atom. The van der Waals surface area contributed by atoms with E-state index in [1.165, 1.54) is 0 Å². The Bertz CT molecular complexity index is 497. The van der Waals surface area contributed by atoms with Crippen molar-refractivity contribution in [2.75, 3.05) is 13.1 Å². The van der Waals surface area contributed by atoms with Crippen molar-refractivity contribution >= 4 is 23.3 Å². The number of ether oxygens (including phenoxy) is 1. The number of hydrogen-bond acceptors (Lipinski definition) is 3. The Morgan fingerprint density at radius 1 is 1.18 bits per heavy atom. The third kappa shape index (κ3) is 2.68. The van der Waals surface area contributed by atoms with Gasteiger partial charge < -0.3 is 10.1 Å². The summed E-state index contributed by atoms with van der Waals surface area (Å²) in [5.74, 6) is 0.729. The maximum absolute atomic E-state index is 5.81. The van der Waals surface area contributed by atoms with Gasteiger partial charge in [-0.05, 0) is 25.1 Å². The molecule has 0 bridgehead atoms. The molecule has 3 nitrogen and oxygen atoms in total. The average Bonchev–Trinajstić information content (AvgIpc) is 2.82. The highest BCUT2D eigenvalue weighted by atomic mass is 35.5. The second-order valence-electron chi connectivity index (χ2n) is 4.07. The summed E-state index contributed by atoms with van der Waals surface area (Å²) < 4.78 is 5.81. The number of aromatic nitrogens is 1. The van der Waals surface area contributed by atoms with E-state index in [1.807, 2.05) is 24.3 Å². The van der Waals surface area contributed by atoms with E-state index < -0.39 is 0 Å². The van der Waals surface area contributed by atoms with Gasteiger partial charge in [0.2, 0.25) is 5.88 Å². The van der Waals surface area contributed by atoms with Crippen LogP contribution in [-0.2, 0) is 0 Å². The monoisotopic (exact) mass is 250 g/mol.